The second-order valence-corrected chi connectivity index (χ2v) is 8.12. The predicted octanol–water partition coefficient (Wildman–Crippen LogP) is 3.96. The van der Waals surface area contributed by atoms with Crippen LogP contribution in [0.15, 0.2) is 17.1 Å². The van der Waals surface area contributed by atoms with E-state index in [1.54, 1.807) is 13.1 Å². The zero-order chi connectivity index (χ0) is 15.1. The standard InChI is InChI=1S/C12H14N2O3.2ClH.Zr/c1-8-5-11(14(16)17)6-9(12(8)15)7-13-10-3-2-4-10;;;/h5-7,10,15H,2-4H2,1H3;2*1H;/q;;;+2/p-2. The van der Waals surface area contributed by atoms with Gasteiger partial charge in [0.05, 0.1) is 4.92 Å². The van der Waals surface area contributed by atoms with Crippen LogP contribution in [0.5, 0.6) is 5.75 Å². The molecule has 0 radical (unpaired) electrons. The van der Waals surface area contributed by atoms with Crippen LogP contribution in [-0.4, -0.2) is 22.3 Å². The summed E-state index contributed by atoms with van der Waals surface area (Å²) in [5.74, 6) is 0.0682. The SMILES string of the molecule is Cc1cc([N+](=O)[O-])cc(C=NC2CCC2)c1O.[Cl][Zr][Cl]. The first-order chi connectivity index (χ1) is 9.49. The summed E-state index contributed by atoms with van der Waals surface area (Å²) in [6, 6.07) is 3.02. The van der Waals surface area contributed by atoms with Gasteiger partial charge in [-0.2, -0.15) is 0 Å². The van der Waals surface area contributed by atoms with Gasteiger partial charge in [-0.15, -0.1) is 0 Å². The Morgan fingerprint density at radius 2 is 2.10 bits per heavy atom. The molecular formula is C12H14Cl2N2O3Zr. The number of hydrogen-bond acceptors (Lipinski definition) is 4. The first-order valence-corrected chi connectivity index (χ1v) is 12.3. The summed E-state index contributed by atoms with van der Waals surface area (Å²) in [5.41, 5.74) is 0.896. The molecule has 108 valence electrons. The molecule has 1 fully saturated rings. The second kappa shape index (κ2) is 8.75. The van der Waals surface area contributed by atoms with Crippen molar-refractivity contribution in [2.45, 2.75) is 32.2 Å². The Balaban J connectivity index is 0.000000612. The molecule has 1 aromatic rings. The fourth-order valence-electron chi connectivity index (χ4n) is 1.71. The van der Waals surface area contributed by atoms with Crippen molar-refractivity contribution in [3.8, 4) is 5.75 Å². The van der Waals surface area contributed by atoms with Gasteiger partial charge in [0.1, 0.15) is 5.75 Å². The van der Waals surface area contributed by atoms with Gasteiger partial charge in [0, 0.05) is 30.0 Å². The molecule has 2 rings (SSSR count). The van der Waals surface area contributed by atoms with Crippen LogP contribution in [0.1, 0.15) is 30.4 Å². The number of phenolic OH excluding ortho intramolecular Hbond substituents is 1. The van der Waals surface area contributed by atoms with E-state index in [9.17, 15) is 15.2 Å². The predicted molar refractivity (Wildman–Crippen MR) is 76.4 cm³/mol. The zero-order valence-corrected chi connectivity index (χ0v) is 14.8. The Hall–Kier alpha value is -0.447. The van der Waals surface area contributed by atoms with E-state index in [1.165, 1.54) is 18.6 Å². The van der Waals surface area contributed by atoms with E-state index in [4.69, 9.17) is 17.0 Å². The van der Waals surface area contributed by atoms with Crippen LogP contribution in [0.3, 0.4) is 0 Å². The van der Waals surface area contributed by atoms with Crippen molar-refractivity contribution >= 4 is 28.9 Å². The fourth-order valence-corrected chi connectivity index (χ4v) is 1.71. The van der Waals surface area contributed by atoms with Gasteiger partial charge < -0.3 is 5.11 Å². The monoisotopic (exact) mass is 394 g/mol. The summed E-state index contributed by atoms with van der Waals surface area (Å²) < 4.78 is 0. The molecule has 20 heavy (non-hydrogen) atoms. The summed E-state index contributed by atoms with van der Waals surface area (Å²) in [6.45, 7) is 1.64. The van der Waals surface area contributed by atoms with Crippen molar-refractivity contribution in [2.75, 3.05) is 0 Å². The number of halogens is 2. The van der Waals surface area contributed by atoms with E-state index in [2.05, 4.69) is 4.99 Å². The van der Waals surface area contributed by atoms with Gasteiger partial charge in [0.25, 0.3) is 5.69 Å². The van der Waals surface area contributed by atoms with Crippen molar-refractivity contribution in [1.29, 1.82) is 0 Å². The molecule has 0 heterocycles. The molecule has 0 aromatic heterocycles. The summed E-state index contributed by atoms with van der Waals surface area (Å²) in [5, 5.41) is 20.5. The number of rotatable bonds is 3. The third kappa shape index (κ3) is 5.15. The molecule has 8 heteroatoms. The van der Waals surface area contributed by atoms with Crippen molar-refractivity contribution < 1.29 is 30.9 Å². The minimum atomic E-state index is -0.826. The van der Waals surface area contributed by atoms with Crippen molar-refractivity contribution in [1.82, 2.24) is 0 Å². The minimum absolute atomic E-state index is 0.0182. The maximum absolute atomic E-state index is 10.7. The van der Waals surface area contributed by atoms with Crippen LogP contribution in [0.4, 0.5) is 5.69 Å². The Kier molecular flexibility index (Phi) is 7.71. The van der Waals surface area contributed by atoms with Gasteiger partial charge in [-0.3, -0.25) is 15.1 Å². The van der Waals surface area contributed by atoms with Crippen LogP contribution in [0.25, 0.3) is 0 Å². The summed E-state index contributed by atoms with van der Waals surface area (Å²) in [4.78, 5) is 14.5. The van der Waals surface area contributed by atoms with Crippen molar-refractivity contribution in [2.24, 2.45) is 4.99 Å². The van der Waals surface area contributed by atoms with Crippen molar-refractivity contribution in [3.05, 3.63) is 33.4 Å². The number of nitro groups is 1. The number of hydrogen-bond donors (Lipinski definition) is 1. The second-order valence-electron chi connectivity index (χ2n) is 4.39. The Bertz CT molecular complexity index is 508. The maximum atomic E-state index is 10.7. The van der Waals surface area contributed by atoms with Gasteiger partial charge in [0.2, 0.25) is 0 Å². The Morgan fingerprint density at radius 3 is 2.55 bits per heavy atom. The third-order valence-corrected chi connectivity index (χ3v) is 3.02. The number of nitro benzene ring substituents is 1. The molecule has 1 aliphatic rings. The average Bonchev–Trinajstić information content (AvgIpc) is 2.33. The molecule has 1 aromatic carbocycles. The molecule has 5 nitrogen and oxygen atoms in total. The molecule has 1 N–H and O–H groups in total. The first kappa shape index (κ1) is 17.6. The van der Waals surface area contributed by atoms with E-state index < -0.39 is 25.8 Å². The summed E-state index contributed by atoms with van der Waals surface area (Å²) >= 11 is -0.826. The fraction of sp³-hybridized carbons (Fsp3) is 0.417. The molecule has 1 saturated carbocycles. The topological polar surface area (TPSA) is 75.7 Å². The molecule has 0 spiro atoms. The molecule has 0 saturated heterocycles. The first-order valence-electron chi connectivity index (χ1n) is 5.97. The number of aryl methyl sites for hydroxylation is 1. The number of nitrogens with zero attached hydrogens (tertiary/aromatic N) is 2. The molecule has 0 atom stereocenters. The van der Waals surface area contributed by atoms with Gasteiger partial charge in [0.15, 0.2) is 0 Å². The van der Waals surface area contributed by atoms with E-state index in [0.29, 0.717) is 17.2 Å². The van der Waals surface area contributed by atoms with E-state index >= 15 is 0 Å². The Morgan fingerprint density at radius 1 is 1.50 bits per heavy atom. The van der Waals surface area contributed by atoms with Crippen molar-refractivity contribution in [3.63, 3.8) is 0 Å². The zero-order valence-electron chi connectivity index (χ0n) is 10.8. The molecule has 0 unspecified atom stereocenters. The summed E-state index contributed by atoms with van der Waals surface area (Å²) in [7, 11) is 9.87. The van der Waals surface area contributed by atoms with Crippen LogP contribution in [0.2, 0.25) is 0 Å². The van der Waals surface area contributed by atoms with Gasteiger partial charge in [-0.05, 0) is 31.7 Å². The van der Waals surface area contributed by atoms with Gasteiger partial charge in [-0.25, -0.2) is 0 Å². The van der Waals surface area contributed by atoms with Crippen LogP contribution in [0, 0.1) is 17.0 Å². The molecule has 0 aliphatic heterocycles. The molecular weight excluding hydrogens is 382 g/mol. The Labute approximate surface area is 135 Å². The molecule has 0 bridgehead atoms. The molecule has 1 aliphatic carbocycles. The number of aliphatic imine (C=N–C) groups is 1. The van der Waals surface area contributed by atoms with Crippen LogP contribution < -0.4 is 0 Å². The third-order valence-electron chi connectivity index (χ3n) is 3.02. The number of non-ortho nitro benzene ring substituents is 1. The average molecular weight is 396 g/mol. The van der Waals surface area contributed by atoms with E-state index in [0.717, 1.165) is 12.8 Å². The number of benzene rings is 1. The molecule has 0 amide bonds. The number of phenols is 1. The van der Waals surface area contributed by atoms with Crippen LogP contribution in [-0.2, 0) is 20.8 Å². The normalized spacial score (nSPS) is 14.3. The van der Waals surface area contributed by atoms with E-state index in [1.807, 2.05) is 0 Å². The van der Waals surface area contributed by atoms with Crippen LogP contribution >= 0.6 is 17.0 Å². The van der Waals surface area contributed by atoms with Gasteiger partial charge in [-0.1, -0.05) is 0 Å². The quantitative estimate of drug-likeness (QED) is 0.477. The van der Waals surface area contributed by atoms with E-state index in [-0.39, 0.29) is 11.4 Å². The summed E-state index contributed by atoms with van der Waals surface area (Å²) in [6.07, 6.45) is 4.84. The van der Waals surface area contributed by atoms with Gasteiger partial charge >= 0.3 is 37.9 Å². The number of aromatic hydroxyl groups is 1.